The van der Waals surface area contributed by atoms with Gasteiger partial charge < -0.3 is 14.6 Å². The average molecular weight is 305 g/mol. The Morgan fingerprint density at radius 2 is 2.27 bits per heavy atom. The third kappa shape index (κ3) is 2.74. The van der Waals surface area contributed by atoms with E-state index in [9.17, 15) is 9.59 Å². The SMILES string of the molecule is CCCn1ccnc1CNC(=O)[C@@H]1CC(=O)OC12CCCC2. The van der Waals surface area contributed by atoms with E-state index in [2.05, 4.69) is 17.2 Å². The number of carbonyl (C=O) groups is 2. The highest BCUT2D eigenvalue weighted by molar-refractivity contribution is 5.87. The van der Waals surface area contributed by atoms with Crippen LogP contribution >= 0.6 is 0 Å². The van der Waals surface area contributed by atoms with Crippen molar-refractivity contribution in [3.05, 3.63) is 18.2 Å². The van der Waals surface area contributed by atoms with Crippen molar-refractivity contribution >= 4 is 11.9 Å². The molecule has 0 radical (unpaired) electrons. The first-order chi connectivity index (χ1) is 10.6. The Kier molecular flexibility index (Phi) is 4.18. The molecule has 1 aliphatic heterocycles. The van der Waals surface area contributed by atoms with Gasteiger partial charge in [0.05, 0.1) is 18.9 Å². The van der Waals surface area contributed by atoms with Crippen LogP contribution in [0, 0.1) is 5.92 Å². The molecule has 22 heavy (non-hydrogen) atoms. The smallest absolute Gasteiger partial charge is 0.307 e. The second-order valence-electron chi connectivity index (χ2n) is 6.26. The molecule has 1 spiro atoms. The number of hydrogen-bond acceptors (Lipinski definition) is 4. The van der Waals surface area contributed by atoms with E-state index < -0.39 is 5.60 Å². The van der Waals surface area contributed by atoms with Gasteiger partial charge in [0.25, 0.3) is 0 Å². The Hall–Kier alpha value is -1.85. The summed E-state index contributed by atoms with van der Waals surface area (Å²) in [7, 11) is 0. The first kappa shape index (κ1) is 15.1. The number of nitrogens with zero attached hydrogens (tertiary/aromatic N) is 2. The third-order valence-corrected chi connectivity index (χ3v) is 4.78. The molecule has 2 aliphatic rings. The minimum absolute atomic E-state index is 0.0844. The van der Waals surface area contributed by atoms with E-state index in [0.717, 1.165) is 44.5 Å². The maximum Gasteiger partial charge on any atom is 0.307 e. The summed E-state index contributed by atoms with van der Waals surface area (Å²) in [5, 5.41) is 2.94. The van der Waals surface area contributed by atoms with E-state index in [1.54, 1.807) is 6.20 Å². The van der Waals surface area contributed by atoms with Crippen LogP contribution in [0.15, 0.2) is 12.4 Å². The largest absolute Gasteiger partial charge is 0.458 e. The number of aromatic nitrogens is 2. The number of ether oxygens (including phenoxy) is 1. The summed E-state index contributed by atoms with van der Waals surface area (Å²) in [6, 6.07) is 0. The van der Waals surface area contributed by atoms with Crippen molar-refractivity contribution in [1.29, 1.82) is 0 Å². The zero-order chi connectivity index (χ0) is 15.6. The van der Waals surface area contributed by atoms with Crippen LogP contribution in [0.25, 0.3) is 0 Å². The van der Waals surface area contributed by atoms with Gasteiger partial charge in [-0.3, -0.25) is 9.59 Å². The summed E-state index contributed by atoms with van der Waals surface area (Å²) in [5.41, 5.74) is -0.542. The predicted octanol–water partition coefficient (Wildman–Crippen LogP) is 1.79. The molecule has 1 saturated heterocycles. The molecule has 1 atom stereocenters. The minimum atomic E-state index is -0.542. The highest BCUT2D eigenvalue weighted by Crippen LogP contribution is 2.45. The molecular weight excluding hydrogens is 282 g/mol. The molecule has 120 valence electrons. The van der Waals surface area contributed by atoms with Crippen LogP contribution in [0.1, 0.15) is 51.3 Å². The quantitative estimate of drug-likeness (QED) is 0.842. The molecule has 0 bridgehead atoms. The Labute approximate surface area is 130 Å². The maximum absolute atomic E-state index is 12.5. The molecule has 2 heterocycles. The van der Waals surface area contributed by atoms with Gasteiger partial charge in [-0.2, -0.15) is 0 Å². The Morgan fingerprint density at radius 1 is 1.50 bits per heavy atom. The zero-order valence-electron chi connectivity index (χ0n) is 13.0. The van der Waals surface area contributed by atoms with Crippen molar-refractivity contribution in [1.82, 2.24) is 14.9 Å². The van der Waals surface area contributed by atoms with Gasteiger partial charge in [-0.15, -0.1) is 0 Å². The van der Waals surface area contributed by atoms with Crippen LogP contribution in [0.5, 0.6) is 0 Å². The molecule has 0 unspecified atom stereocenters. The Morgan fingerprint density at radius 3 is 3.00 bits per heavy atom. The fourth-order valence-electron chi connectivity index (χ4n) is 3.69. The Balaban J connectivity index is 1.64. The lowest BCUT2D eigenvalue weighted by molar-refractivity contribution is -0.150. The van der Waals surface area contributed by atoms with E-state index in [4.69, 9.17) is 4.74 Å². The van der Waals surface area contributed by atoms with Gasteiger partial charge in [-0.25, -0.2) is 4.98 Å². The third-order valence-electron chi connectivity index (χ3n) is 4.78. The predicted molar refractivity (Wildman–Crippen MR) is 79.8 cm³/mol. The molecule has 6 heteroatoms. The van der Waals surface area contributed by atoms with Gasteiger partial charge in [-0.1, -0.05) is 6.92 Å². The molecule has 1 aliphatic carbocycles. The number of nitrogens with one attached hydrogen (secondary N) is 1. The highest BCUT2D eigenvalue weighted by atomic mass is 16.6. The molecule has 1 saturated carbocycles. The maximum atomic E-state index is 12.5. The van der Waals surface area contributed by atoms with Crippen LogP contribution in [-0.4, -0.2) is 27.0 Å². The van der Waals surface area contributed by atoms with Gasteiger partial charge in [0.2, 0.25) is 5.91 Å². The van der Waals surface area contributed by atoms with Crippen molar-refractivity contribution in [2.45, 2.75) is 64.1 Å². The number of rotatable bonds is 5. The summed E-state index contributed by atoms with van der Waals surface area (Å²) in [4.78, 5) is 28.5. The number of aryl methyl sites for hydroxylation is 1. The Bertz CT molecular complexity index is 561. The highest BCUT2D eigenvalue weighted by Gasteiger charge is 2.53. The normalized spacial score (nSPS) is 23.0. The van der Waals surface area contributed by atoms with E-state index in [1.165, 1.54) is 0 Å². The molecule has 2 fully saturated rings. The summed E-state index contributed by atoms with van der Waals surface area (Å²) in [5.74, 6) is 0.173. The van der Waals surface area contributed by atoms with Crippen LogP contribution in [-0.2, 0) is 27.4 Å². The standard InChI is InChI=1S/C16H23N3O3/c1-2-8-19-9-7-17-13(19)11-18-15(21)12-10-14(20)22-16(12)5-3-4-6-16/h7,9,12H,2-6,8,10-11H2,1H3,(H,18,21)/t12-/m0/s1. The summed E-state index contributed by atoms with van der Waals surface area (Å²) < 4.78 is 7.57. The van der Waals surface area contributed by atoms with Crippen LogP contribution in [0.4, 0.5) is 0 Å². The minimum Gasteiger partial charge on any atom is -0.458 e. The fraction of sp³-hybridized carbons (Fsp3) is 0.688. The van der Waals surface area contributed by atoms with Gasteiger partial charge in [0.1, 0.15) is 11.4 Å². The van der Waals surface area contributed by atoms with Crippen LogP contribution < -0.4 is 5.32 Å². The lowest BCUT2D eigenvalue weighted by Crippen LogP contribution is -2.42. The van der Waals surface area contributed by atoms with Crippen molar-refractivity contribution in [3.63, 3.8) is 0 Å². The van der Waals surface area contributed by atoms with Gasteiger partial charge in [-0.05, 0) is 32.1 Å². The van der Waals surface area contributed by atoms with Crippen molar-refractivity contribution in [3.8, 4) is 0 Å². The molecule has 6 nitrogen and oxygen atoms in total. The van der Waals surface area contributed by atoms with E-state index in [-0.39, 0.29) is 24.2 Å². The van der Waals surface area contributed by atoms with Crippen molar-refractivity contribution < 1.29 is 14.3 Å². The summed E-state index contributed by atoms with van der Waals surface area (Å²) >= 11 is 0. The van der Waals surface area contributed by atoms with Gasteiger partial charge in [0, 0.05) is 18.9 Å². The van der Waals surface area contributed by atoms with Crippen molar-refractivity contribution in [2.24, 2.45) is 5.92 Å². The zero-order valence-corrected chi connectivity index (χ0v) is 13.0. The summed E-state index contributed by atoms with van der Waals surface area (Å²) in [6.07, 6.45) is 8.56. The van der Waals surface area contributed by atoms with E-state index in [1.807, 2.05) is 10.8 Å². The number of imidazole rings is 1. The lowest BCUT2D eigenvalue weighted by atomic mass is 9.85. The number of amides is 1. The van der Waals surface area contributed by atoms with Crippen LogP contribution in [0.2, 0.25) is 0 Å². The fourth-order valence-corrected chi connectivity index (χ4v) is 3.69. The number of carbonyl (C=O) groups excluding carboxylic acids is 2. The van der Waals surface area contributed by atoms with Gasteiger partial charge in [0.15, 0.2) is 0 Å². The molecule has 3 rings (SSSR count). The molecule has 1 amide bonds. The number of esters is 1. The molecule has 1 aromatic rings. The van der Waals surface area contributed by atoms with E-state index in [0.29, 0.717) is 6.54 Å². The second-order valence-corrected chi connectivity index (χ2v) is 6.26. The monoisotopic (exact) mass is 305 g/mol. The molecule has 0 aromatic carbocycles. The first-order valence-corrected chi connectivity index (χ1v) is 8.14. The van der Waals surface area contributed by atoms with E-state index >= 15 is 0 Å². The van der Waals surface area contributed by atoms with Gasteiger partial charge >= 0.3 is 5.97 Å². The lowest BCUT2D eigenvalue weighted by Gasteiger charge is -2.27. The average Bonchev–Trinajstić information content (AvgIpc) is 3.19. The molecule has 1 aromatic heterocycles. The molecular formula is C16H23N3O3. The van der Waals surface area contributed by atoms with Crippen LogP contribution in [0.3, 0.4) is 0 Å². The molecule has 1 N–H and O–H groups in total. The topological polar surface area (TPSA) is 73.2 Å². The van der Waals surface area contributed by atoms with Crippen molar-refractivity contribution in [2.75, 3.05) is 0 Å². The second kappa shape index (κ2) is 6.10. The number of hydrogen-bond donors (Lipinski definition) is 1. The first-order valence-electron chi connectivity index (χ1n) is 8.14. The summed E-state index contributed by atoms with van der Waals surface area (Å²) in [6.45, 7) is 3.39.